The number of ether oxygens (including phenoxy) is 2. The number of rotatable bonds is 8. The van der Waals surface area contributed by atoms with E-state index in [1.165, 1.54) is 23.2 Å². The normalized spacial score (nSPS) is 12.1. The summed E-state index contributed by atoms with van der Waals surface area (Å²) in [5, 5.41) is 0. The quantitative estimate of drug-likeness (QED) is 0.481. The van der Waals surface area contributed by atoms with Gasteiger partial charge in [-0.3, -0.25) is 4.90 Å². The third-order valence-corrected chi connectivity index (χ3v) is 5.26. The van der Waals surface area contributed by atoms with Gasteiger partial charge in [-0.05, 0) is 46.8 Å². The molecule has 0 aliphatic rings. The highest BCUT2D eigenvalue weighted by molar-refractivity contribution is 9.09. The SMILES string of the molecule is CC(C)OC(=O)N(CCOc1ncccc1S(=O)(=O)NCBr)C(C)(C)C. The Labute approximate surface area is 163 Å². The average molecular weight is 452 g/mol. The molecule has 1 N–H and O–H groups in total. The number of carbonyl (C=O) groups is 1. The van der Waals surface area contributed by atoms with E-state index in [2.05, 4.69) is 25.6 Å². The fourth-order valence-corrected chi connectivity index (χ4v) is 3.84. The van der Waals surface area contributed by atoms with Crippen molar-refractivity contribution in [1.82, 2.24) is 14.6 Å². The van der Waals surface area contributed by atoms with Crippen molar-refractivity contribution < 1.29 is 22.7 Å². The van der Waals surface area contributed by atoms with Crippen molar-refractivity contribution >= 4 is 32.0 Å². The predicted molar refractivity (Wildman–Crippen MR) is 102 cm³/mol. The molecule has 148 valence electrons. The van der Waals surface area contributed by atoms with Gasteiger partial charge in [0.05, 0.1) is 18.1 Å². The molecule has 0 atom stereocenters. The third-order valence-electron chi connectivity index (χ3n) is 3.19. The Morgan fingerprint density at radius 1 is 1.38 bits per heavy atom. The van der Waals surface area contributed by atoms with Gasteiger partial charge in [-0.1, -0.05) is 15.9 Å². The van der Waals surface area contributed by atoms with Crippen molar-refractivity contribution in [2.24, 2.45) is 0 Å². The lowest BCUT2D eigenvalue weighted by Crippen LogP contribution is -2.48. The number of pyridine rings is 1. The number of aromatic nitrogens is 1. The van der Waals surface area contributed by atoms with Crippen molar-refractivity contribution in [1.29, 1.82) is 0 Å². The lowest BCUT2D eigenvalue weighted by Gasteiger charge is -2.35. The number of halogens is 1. The maximum atomic E-state index is 12.3. The maximum Gasteiger partial charge on any atom is 0.410 e. The first-order valence-electron chi connectivity index (χ1n) is 8.10. The highest BCUT2D eigenvalue weighted by Crippen LogP contribution is 2.21. The first kappa shape index (κ1) is 22.7. The number of sulfonamides is 1. The summed E-state index contributed by atoms with van der Waals surface area (Å²) in [6.07, 6.45) is 0.749. The second kappa shape index (κ2) is 9.52. The molecule has 0 spiro atoms. The number of nitrogens with one attached hydrogen (secondary N) is 1. The molecule has 0 bridgehead atoms. The van der Waals surface area contributed by atoms with Crippen LogP contribution in [0.3, 0.4) is 0 Å². The molecule has 1 aromatic rings. The Morgan fingerprint density at radius 3 is 2.58 bits per heavy atom. The van der Waals surface area contributed by atoms with Crippen LogP contribution in [0.2, 0.25) is 0 Å². The molecule has 0 aliphatic heterocycles. The molecule has 0 unspecified atom stereocenters. The molecule has 0 aliphatic carbocycles. The Kier molecular flexibility index (Phi) is 8.29. The van der Waals surface area contributed by atoms with Gasteiger partial charge in [0.25, 0.3) is 0 Å². The van der Waals surface area contributed by atoms with Crippen molar-refractivity contribution in [3.63, 3.8) is 0 Å². The van der Waals surface area contributed by atoms with Crippen LogP contribution in [-0.4, -0.2) is 54.6 Å². The summed E-state index contributed by atoms with van der Waals surface area (Å²) >= 11 is 3.03. The number of hydrogen-bond donors (Lipinski definition) is 1. The van der Waals surface area contributed by atoms with Crippen LogP contribution in [0.5, 0.6) is 5.88 Å². The van der Waals surface area contributed by atoms with Crippen LogP contribution in [0.25, 0.3) is 0 Å². The largest absolute Gasteiger partial charge is 0.475 e. The van der Waals surface area contributed by atoms with Crippen LogP contribution in [0.4, 0.5) is 4.79 Å². The first-order valence-corrected chi connectivity index (χ1v) is 10.7. The zero-order valence-electron chi connectivity index (χ0n) is 15.7. The summed E-state index contributed by atoms with van der Waals surface area (Å²) in [6.45, 7) is 9.48. The van der Waals surface area contributed by atoms with E-state index in [1.807, 2.05) is 20.8 Å². The predicted octanol–water partition coefficient (Wildman–Crippen LogP) is 2.74. The summed E-state index contributed by atoms with van der Waals surface area (Å²) in [7, 11) is -3.74. The molecule has 0 aromatic carbocycles. The molecule has 1 aromatic heterocycles. The average Bonchev–Trinajstić information content (AvgIpc) is 2.49. The van der Waals surface area contributed by atoms with E-state index in [0.717, 1.165) is 0 Å². The standard InChI is InChI=1S/C16H26BrN3O5S/c1-12(2)25-15(21)20(16(3,4)5)9-10-24-14-13(7-6-8-18-14)26(22,23)19-11-17/h6-8,12,19H,9-11H2,1-5H3. The van der Waals surface area contributed by atoms with Crippen molar-refractivity contribution in [2.75, 3.05) is 18.6 Å². The van der Waals surface area contributed by atoms with E-state index in [1.54, 1.807) is 13.8 Å². The zero-order valence-corrected chi connectivity index (χ0v) is 18.1. The molecule has 0 saturated carbocycles. The highest BCUT2D eigenvalue weighted by Gasteiger charge is 2.28. The molecular weight excluding hydrogens is 426 g/mol. The fraction of sp³-hybridized carbons (Fsp3) is 0.625. The van der Waals surface area contributed by atoms with Crippen molar-refractivity contribution in [2.45, 2.75) is 51.2 Å². The number of alkyl halides is 1. The van der Waals surface area contributed by atoms with E-state index in [4.69, 9.17) is 9.47 Å². The summed E-state index contributed by atoms with van der Waals surface area (Å²) in [5.41, 5.74) is -0.408. The number of amides is 1. The fourth-order valence-electron chi connectivity index (χ4n) is 2.04. The summed E-state index contributed by atoms with van der Waals surface area (Å²) < 4.78 is 37.5. The monoisotopic (exact) mass is 451 g/mol. The second-order valence-electron chi connectivity index (χ2n) is 6.69. The molecule has 0 fully saturated rings. The lowest BCUT2D eigenvalue weighted by atomic mass is 10.1. The number of nitrogens with zero attached hydrogens (tertiary/aromatic N) is 2. The van der Waals surface area contributed by atoms with Gasteiger partial charge in [-0.2, -0.15) is 0 Å². The molecule has 0 radical (unpaired) electrons. The van der Waals surface area contributed by atoms with Gasteiger partial charge >= 0.3 is 6.09 Å². The third kappa shape index (κ3) is 6.73. The van der Waals surface area contributed by atoms with Gasteiger partial charge in [0.2, 0.25) is 15.9 Å². The van der Waals surface area contributed by atoms with Crippen LogP contribution < -0.4 is 9.46 Å². The van der Waals surface area contributed by atoms with E-state index in [-0.39, 0.29) is 35.5 Å². The lowest BCUT2D eigenvalue weighted by molar-refractivity contribution is 0.0417. The molecule has 1 rings (SSSR count). The first-order chi connectivity index (χ1) is 12.0. The van der Waals surface area contributed by atoms with Crippen LogP contribution in [0.1, 0.15) is 34.6 Å². The number of hydrogen-bond acceptors (Lipinski definition) is 6. The topological polar surface area (TPSA) is 97.8 Å². The highest BCUT2D eigenvalue weighted by atomic mass is 79.9. The summed E-state index contributed by atoms with van der Waals surface area (Å²) in [6, 6.07) is 2.92. The van der Waals surface area contributed by atoms with E-state index < -0.39 is 21.7 Å². The van der Waals surface area contributed by atoms with Gasteiger partial charge in [-0.25, -0.2) is 22.9 Å². The smallest absolute Gasteiger partial charge is 0.410 e. The minimum absolute atomic E-state index is 0.0213. The van der Waals surface area contributed by atoms with E-state index in [9.17, 15) is 13.2 Å². The Balaban J connectivity index is 2.87. The van der Waals surface area contributed by atoms with Gasteiger partial charge < -0.3 is 9.47 Å². The maximum absolute atomic E-state index is 12.3. The Morgan fingerprint density at radius 2 is 2.04 bits per heavy atom. The van der Waals surface area contributed by atoms with Gasteiger partial charge in [0.15, 0.2) is 0 Å². The van der Waals surface area contributed by atoms with Gasteiger partial charge in [0, 0.05) is 11.7 Å². The molecule has 1 amide bonds. The molecule has 8 nitrogen and oxygen atoms in total. The van der Waals surface area contributed by atoms with Crippen LogP contribution in [0, 0.1) is 0 Å². The van der Waals surface area contributed by atoms with Gasteiger partial charge in [-0.15, -0.1) is 0 Å². The van der Waals surface area contributed by atoms with Crippen LogP contribution in [0.15, 0.2) is 23.2 Å². The minimum Gasteiger partial charge on any atom is -0.475 e. The van der Waals surface area contributed by atoms with Crippen molar-refractivity contribution in [3.8, 4) is 5.88 Å². The molecule has 1 heterocycles. The zero-order chi connectivity index (χ0) is 20.0. The molecular formula is C16H26BrN3O5S. The minimum atomic E-state index is -3.74. The molecule has 0 saturated heterocycles. The van der Waals surface area contributed by atoms with E-state index in [0.29, 0.717) is 0 Å². The second-order valence-corrected chi connectivity index (χ2v) is 8.99. The summed E-state index contributed by atoms with van der Waals surface area (Å²) in [5.74, 6) is -0.0213. The Bertz CT molecular complexity index is 704. The van der Waals surface area contributed by atoms with E-state index >= 15 is 0 Å². The van der Waals surface area contributed by atoms with Gasteiger partial charge in [0.1, 0.15) is 11.5 Å². The number of carbonyl (C=O) groups excluding carboxylic acids is 1. The molecule has 26 heavy (non-hydrogen) atoms. The molecule has 10 heteroatoms. The van der Waals surface area contributed by atoms with Crippen molar-refractivity contribution in [3.05, 3.63) is 18.3 Å². The van der Waals surface area contributed by atoms with Crippen LogP contribution >= 0.6 is 15.9 Å². The Hall–Kier alpha value is -1.39. The van der Waals surface area contributed by atoms with Crippen LogP contribution in [-0.2, 0) is 14.8 Å². The summed E-state index contributed by atoms with van der Waals surface area (Å²) in [4.78, 5) is 17.7.